The van der Waals surface area contributed by atoms with Crippen LogP contribution >= 0.6 is 23.4 Å². The van der Waals surface area contributed by atoms with Gasteiger partial charge in [-0.15, -0.1) is 0 Å². The first-order valence-corrected chi connectivity index (χ1v) is 10.2. The number of aromatic nitrogens is 1. The van der Waals surface area contributed by atoms with Crippen molar-refractivity contribution in [2.45, 2.75) is 38.9 Å². The first-order chi connectivity index (χ1) is 13.3. The highest BCUT2D eigenvalue weighted by molar-refractivity contribution is 7.99. The molecular formula is C21H19ClN2O3S. The minimum absolute atomic E-state index is 0.0415. The molecule has 3 aromatic rings. The number of rotatable bonds is 5. The second-order valence-electron chi connectivity index (χ2n) is 6.36. The summed E-state index contributed by atoms with van der Waals surface area (Å²) in [5.74, 6) is 1.12. The lowest BCUT2D eigenvalue weighted by atomic mass is 10.0. The molecule has 0 aliphatic heterocycles. The molecule has 0 bridgehead atoms. The predicted molar refractivity (Wildman–Crippen MR) is 111 cm³/mol. The van der Waals surface area contributed by atoms with Crippen molar-refractivity contribution in [3.63, 3.8) is 0 Å². The Morgan fingerprint density at radius 3 is 2.79 bits per heavy atom. The molecule has 0 unspecified atom stereocenters. The Morgan fingerprint density at radius 1 is 1.36 bits per heavy atom. The molecule has 2 aromatic heterocycles. The summed E-state index contributed by atoms with van der Waals surface area (Å²) in [6.45, 7) is 7.55. The van der Waals surface area contributed by atoms with Gasteiger partial charge in [-0.25, -0.2) is 4.98 Å². The molecule has 1 aromatic carbocycles. The Labute approximate surface area is 172 Å². The third-order valence-electron chi connectivity index (χ3n) is 4.30. The summed E-state index contributed by atoms with van der Waals surface area (Å²) >= 11 is 7.35. The van der Waals surface area contributed by atoms with Crippen LogP contribution in [0.5, 0.6) is 5.75 Å². The maximum absolute atomic E-state index is 12.9. The first-order valence-electron chi connectivity index (χ1n) is 8.79. The molecule has 0 saturated heterocycles. The van der Waals surface area contributed by atoms with E-state index >= 15 is 0 Å². The van der Waals surface area contributed by atoms with E-state index < -0.39 is 6.10 Å². The van der Waals surface area contributed by atoms with E-state index in [9.17, 15) is 10.1 Å². The zero-order chi connectivity index (χ0) is 20.4. The van der Waals surface area contributed by atoms with Gasteiger partial charge in [0.1, 0.15) is 22.9 Å². The number of pyridine rings is 1. The molecule has 0 amide bonds. The van der Waals surface area contributed by atoms with Crippen molar-refractivity contribution in [2.75, 3.05) is 5.75 Å². The number of nitrogens with zero attached hydrogens (tertiary/aromatic N) is 2. The van der Waals surface area contributed by atoms with Crippen molar-refractivity contribution >= 4 is 34.3 Å². The molecule has 0 aliphatic rings. The molecule has 0 N–H and O–H groups in total. The lowest BCUT2D eigenvalue weighted by molar-refractivity contribution is 0.224. The number of nitriles is 1. The van der Waals surface area contributed by atoms with Gasteiger partial charge in [0.25, 0.3) is 0 Å². The summed E-state index contributed by atoms with van der Waals surface area (Å²) < 4.78 is 12.1. The molecule has 0 saturated carbocycles. The van der Waals surface area contributed by atoms with Crippen LogP contribution in [0.2, 0.25) is 5.15 Å². The van der Waals surface area contributed by atoms with Crippen LogP contribution in [-0.4, -0.2) is 10.7 Å². The third-order valence-corrected chi connectivity index (χ3v) is 5.45. The molecule has 7 heteroatoms. The van der Waals surface area contributed by atoms with Crippen LogP contribution in [0.1, 0.15) is 42.3 Å². The molecule has 1 atom stereocenters. The van der Waals surface area contributed by atoms with Gasteiger partial charge in [-0.2, -0.15) is 5.26 Å². The fourth-order valence-electron chi connectivity index (χ4n) is 2.97. The lowest BCUT2D eigenvalue weighted by Gasteiger charge is -2.18. The summed E-state index contributed by atoms with van der Waals surface area (Å²) in [7, 11) is 0. The number of ether oxygens (including phenoxy) is 1. The second-order valence-corrected chi connectivity index (χ2v) is 7.98. The number of fused-ring (bicyclic) bond motifs is 1. The quantitative estimate of drug-likeness (QED) is 0.400. The smallest absolute Gasteiger partial charge is 0.196 e. The van der Waals surface area contributed by atoms with Gasteiger partial charge in [0, 0.05) is 11.1 Å². The van der Waals surface area contributed by atoms with Crippen molar-refractivity contribution in [3.05, 3.63) is 62.0 Å². The van der Waals surface area contributed by atoms with E-state index in [0.29, 0.717) is 27.4 Å². The normalized spacial score (nSPS) is 12.0. The van der Waals surface area contributed by atoms with Crippen LogP contribution < -0.4 is 10.2 Å². The van der Waals surface area contributed by atoms with E-state index in [1.807, 2.05) is 39.0 Å². The molecular weight excluding hydrogens is 396 g/mol. The minimum Gasteiger partial charge on any atom is -0.483 e. The van der Waals surface area contributed by atoms with Gasteiger partial charge in [0.15, 0.2) is 22.0 Å². The molecule has 0 fully saturated rings. The third kappa shape index (κ3) is 3.87. The lowest BCUT2D eigenvalue weighted by Crippen LogP contribution is -2.11. The summed E-state index contributed by atoms with van der Waals surface area (Å²) in [6, 6.07) is 8.93. The molecule has 144 valence electrons. The van der Waals surface area contributed by atoms with Crippen molar-refractivity contribution < 1.29 is 9.15 Å². The zero-order valence-corrected chi connectivity index (χ0v) is 17.6. The predicted octanol–water partition coefficient (Wildman–Crippen LogP) is 5.58. The zero-order valence-electron chi connectivity index (χ0n) is 16.0. The molecule has 28 heavy (non-hydrogen) atoms. The van der Waals surface area contributed by atoms with Gasteiger partial charge in [0.2, 0.25) is 0 Å². The average Bonchev–Trinajstić information content (AvgIpc) is 2.67. The monoisotopic (exact) mass is 414 g/mol. The number of benzene rings is 1. The Kier molecular flexibility index (Phi) is 5.97. The highest BCUT2D eigenvalue weighted by Crippen LogP contribution is 2.33. The summed E-state index contributed by atoms with van der Waals surface area (Å²) in [5, 5.41) is 10.7. The number of aryl methyl sites for hydroxylation is 1. The first kappa shape index (κ1) is 20.2. The van der Waals surface area contributed by atoms with Crippen molar-refractivity contribution in [1.29, 1.82) is 5.26 Å². The van der Waals surface area contributed by atoms with Gasteiger partial charge in [-0.1, -0.05) is 30.3 Å². The van der Waals surface area contributed by atoms with E-state index in [0.717, 1.165) is 16.9 Å². The molecule has 0 spiro atoms. The molecule has 0 aliphatic carbocycles. The summed E-state index contributed by atoms with van der Waals surface area (Å²) in [4.78, 5) is 16.9. The van der Waals surface area contributed by atoms with Crippen LogP contribution in [0, 0.1) is 25.2 Å². The maximum Gasteiger partial charge on any atom is 0.196 e. The maximum atomic E-state index is 12.9. The summed E-state index contributed by atoms with van der Waals surface area (Å²) in [6.07, 6.45) is -0.470. The molecule has 5 nitrogen and oxygen atoms in total. The van der Waals surface area contributed by atoms with E-state index in [1.54, 1.807) is 19.1 Å². The fraction of sp³-hybridized carbons (Fsp3) is 0.286. The minimum atomic E-state index is -0.470. The van der Waals surface area contributed by atoms with Gasteiger partial charge in [0.05, 0.1) is 5.39 Å². The number of halogens is 1. The van der Waals surface area contributed by atoms with Gasteiger partial charge in [-0.05, 0) is 56.4 Å². The number of hydrogen-bond acceptors (Lipinski definition) is 6. The van der Waals surface area contributed by atoms with Gasteiger partial charge in [-0.3, -0.25) is 4.79 Å². The summed E-state index contributed by atoms with van der Waals surface area (Å²) in [5.41, 5.74) is 2.85. The topological polar surface area (TPSA) is 76.1 Å². The number of thioether (sulfide) groups is 1. The average molecular weight is 415 g/mol. The Balaban J connectivity index is 2.14. The van der Waals surface area contributed by atoms with Gasteiger partial charge >= 0.3 is 0 Å². The SMILES string of the molecule is CCSc1oc2c([C@@H](C)Oc3ccc(Cl)nc3C#N)cc(C)cc2c(=O)c1C. The molecule has 3 rings (SSSR count). The van der Waals surface area contributed by atoms with E-state index in [4.69, 9.17) is 20.8 Å². The van der Waals surface area contributed by atoms with Crippen LogP contribution in [0.15, 0.2) is 38.6 Å². The Bertz CT molecular complexity index is 1150. The Hall–Kier alpha value is -2.49. The second kappa shape index (κ2) is 8.26. The van der Waals surface area contributed by atoms with Crippen LogP contribution in [0.4, 0.5) is 0 Å². The highest BCUT2D eigenvalue weighted by atomic mass is 35.5. The van der Waals surface area contributed by atoms with E-state index in [2.05, 4.69) is 4.98 Å². The van der Waals surface area contributed by atoms with Crippen LogP contribution in [-0.2, 0) is 0 Å². The molecule has 0 radical (unpaired) electrons. The highest BCUT2D eigenvalue weighted by Gasteiger charge is 2.20. The number of hydrogen-bond donors (Lipinski definition) is 0. The van der Waals surface area contributed by atoms with Crippen LogP contribution in [0.3, 0.4) is 0 Å². The van der Waals surface area contributed by atoms with E-state index in [-0.39, 0.29) is 16.3 Å². The Morgan fingerprint density at radius 2 is 2.11 bits per heavy atom. The molecule has 2 heterocycles. The van der Waals surface area contributed by atoms with Gasteiger partial charge < -0.3 is 9.15 Å². The van der Waals surface area contributed by atoms with Crippen LogP contribution in [0.25, 0.3) is 11.0 Å². The van der Waals surface area contributed by atoms with Crippen molar-refractivity contribution in [3.8, 4) is 11.8 Å². The van der Waals surface area contributed by atoms with Crippen molar-refractivity contribution in [2.24, 2.45) is 0 Å². The van der Waals surface area contributed by atoms with E-state index in [1.165, 1.54) is 11.8 Å². The largest absolute Gasteiger partial charge is 0.483 e. The standard InChI is InChI=1S/C21H19ClN2O3S/c1-5-28-21-12(3)19(25)15-9-11(2)8-14(20(15)27-21)13(4)26-17-6-7-18(22)24-16(17)10-23/h6-9,13H,5H2,1-4H3/t13-/m1/s1. The fourth-order valence-corrected chi connectivity index (χ4v) is 3.83. The van der Waals surface area contributed by atoms with Crippen molar-refractivity contribution in [1.82, 2.24) is 4.98 Å².